The van der Waals surface area contributed by atoms with E-state index in [-0.39, 0.29) is 11.8 Å². The predicted molar refractivity (Wildman–Crippen MR) is 87.8 cm³/mol. The monoisotopic (exact) mass is 312 g/mol. The summed E-state index contributed by atoms with van der Waals surface area (Å²) in [5.41, 5.74) is 2.52. The van der Waals surface area contributed by atoms with E-state index in [1.807, 2.05) is 24.3 Å². The third-order valence-electron chi connectivity index (χ3n) is 3.42. The maximum atomic E-state index is 12.8. The van der Waals surface area contributed by atoms with E-state index in [4.69, 9.17) is 0 Å². The van der Waals surface area contributed by atoms with Crippen LogP contribution in [0.5, 0.6) is 0 Å². The number of H-pyrrole nitrogens is 1. The van der Waals surface area contributed by atoms with Crippen LogP contribution >= 0.6 is 0 Å². The number of para-hydroxylation sites is 2. The van der Waals surface area contributed by atoms with Crippen LogP contribution in [0.15, 0.2) is 48.5 Å². The molecule has 118 valence electrons. The number of fused-ring (bicyclic) bond motifs is 1. The molecule has 0 atom stereocenters. The van der Waals surface area contributed by atoms with Crippen LogP contribution in [-0.2, 0) is 6.42 Å². The van der Waals surface area contributed by atoms with Crippen molar-refractivity contribution >= 4 is 22.8 Å². The Bertz CT molecular complexity index is 765. The molecular formula is C17H17FN4O. The molecule has 3 aromatic rings. The van der Waals surface area contributed by atoms with E-state index in [1.54, 1.807) is 0 Å². The van der Waals surface area contributed by atoms with Crippen LogP contribution in [0.25, 0.3) is 11.0 Å². The third kappa shape index (κ3) is 4.06. The van der Waals surface area contributed by atoms with Crippen LogP contribution in [0.4, 0.5) is 14.9 Å². The molecule has 0 spiro atoms. The highest BCUT2D eigenvalue weighted by Gasteiger charge is 2.04. The van der Waals surface area contributed by atoms with Gasteiger partial charge in [-0.3, -0.25) is 0 Å². The second kappa shape index (κ2) is 6.91. The Balaban J connectivity index is 1.42. The molecule has 2 amide bonds. The Morgan fingerprint density at radius 2 is 1.91 bits per heavy atom. The van der Waals surface area contributed by atoms with E-state index in [0.717, 1.165) is 29.7 Å². The lowest BCUT2D eigenvalue weighted by Crippen LogP contribution is -2.29. The standard InChI is InChI=1S/C17H17FN4O/c18-12-7-9-13(10-8-12)20-17(23)19-11-3-6-16-21-14-4-1-2-5-15(14)22-16/h1-2,4-5,7-10H,3,6,11H2,(H,21,22)(H2,19,20,23). The topological polar surface area (TPSA) is 69.8 Å². The Morgan fingerprint density at radius 1 is 1.13 bits per heavy atom. The Hall–Kier alpha value is -2.89. The number of nitrogens with one attached hydrogen (secondary N) is 3. The first kappa shape index (κ1) is 15.0. The van der Waals surface area contributed by atoms with Crippen molar-refractivity contribution in [3.8, 4) is 0 Å². The lowest BCUT2D eigenvalue weighted by molar-refractivity contribution is 0.252. The number of aryl methyl sites for hydroxylation is 1. The third-order valence-corrected chi connectivity index (χ3v) is 3.42. The van der Waals surface area contributed by atoms with Gasteiger partial charge in [0.1, 0.15) is 11.6 Å². The molecule has 0 saturated heterocycles. The molecule has 0 aliphatic heterocycles. The number of carbonyl (C=O) groups is 1. The summed E-state index contributed by atoms with van der Waals surface area (Å²) in [4.78, 5) is 19.5. The normalized spacial score (nSPS) is 10.7. The van der Waals surface area contributed by atoms with Gasteiger partial charge >= 0.3 is 6.03 Å². The summed E-state index contributed by atoms with van der Waals surface area (Å²) in [6.45, 7) is 0.532. The summed E-state index contributed by atoms with van der Waals surface area (Å²) in [5, 5.41) is 5.41. The summed E-state index contributed by atoms with van der Waals surface area (Å²) in [6.07, 6.45) is 1.53. The second-order valence-corrected chi connectivity index (χ2v) is 5.19. The summed E-state index contributed by atoms with van der Waals surface area (Å²) in [7, 11) is 0. The van der Waals surface area contributed by atoms with Crippen molar-refractivity contribution in [1.29, 1.82) is 0 Å². The molecule has 2 aromatic carbocycles. The van der Waals surface area contributed by atoms with E-state index in [1.165, 1.54) is 24.3 Å². The first-order chi connectivity index (χ1) is 11.2. The van der Waals surface area contributed by atoms with Gasteiger partial charge in [0, 0.05) is 18.7 Å². The summed E-state index contributed by atoms with van der Waals surface area (Å²) < 4.78 is 12.8. The minimum Gasteiger partial charge on any atom is -0.342 e. The van der Waals surface area contributed by atoms with Crippen LogP contribution in [-0.4, -0.2) is 22.5 Å². The van der Waals surface area contributed by atoms with Gasteiger partial charge in [0.15, 0.2) is 0 Å². The first-order valence-electron chi connectivity index (χ1n) is 7.45. The van der Waals surface area contributed by atoms with E-state index in [0.29, 0.717) is 12.2 Å². The van der Waals surface area contributed by atoms with E-state index >= 15 is 0 Å². The number of aromatic amines is 1. The smallest absolute Gasteiger partial charge is 0.319 e. The van der Waals surface area contributed by atoms with E-state index in [2.05, 4.69) is 20.6 Å². The molecule has 5 nitrogen and oxygen atoms in total. The number of hydrogen-bond donors (Lipinski definition) is 3. The molecule has 1 heterocycles. The molecular weight excluding hydrogens is 295 g/mol. The van der Waals surface area contributed by atoms with Crippen molar-refractivity contribution in [3.63, 3.8) is 0 Å². The van der Waals surface area contributed by atoms with Crippen LogP contribution in [0.3, 0.4) is 0 Å². The van der Waals surface area contributed by atoms with Gasteiger partial charge in [-0.05, 0) is 42.8 Å². The number of amides is 2. The Kier molecular flexibility index (Phi) is 4.52. The second-order valence-electron chi connectivity index (χ2n) is 5.19. The molecule has 6 heteroatoms. The number of benzene rings is 2. The maximum Gasteiger partial charge on any atom is 0.319 e. The van der Waals surface area contributed by atoms with E-state index < -0.39 is 0 Å². The number of carbonyl (C=O) groups excluding carboxylic acids is 1. The number of hydrogen-bond acceptors (Lipinski definition) is 2. The summed E-state index contributed by atoms with van der Waals surface area (Å²) in [5.74, 6) is 0.578. The lowest BCUT2D eigenvalue weighted by Gasteiger charge is -2.07. The minimum absolute atomic E-state index is 0.304. The van der Waals surface area contributed by atoms with Gasteiger partial charge < -0.3 is 15.6 Å². The number of nitrogens with zero attached hydrogens (tertiary/aromatic N) is 1. The fourth-order valence-corrected chi connectivity index (χ4v) is 2.29. The summed E-state index contributed by atoms with van der Waals surface area (Å²) in [6, 6.07) is 13.2. The van der Waals surface area contributed by atoms with Crippen molar-refractivity contribution in [2.45, 2.75) is 12.8 Å². The zero-order valence-electron chi connectivity index (χ0n) is 12.5. The number of rotatable bonds is 5. The molecule has 0 aliphatic carbocycles. The number of halogens is 1. The average molecular weight is 312 g/mol. The fourth-order valence-electron chi connectivity index (χ4n) is 2.29. The van der Waals surface area contributed by atoms with Gasteiger partial charge in [-0.2, -0.15) is 0 Å². The molecule has 0 radical (unpaired) electrons. The first-order valence-corrected chi connectivity index (χ1v) is 7.45. The van der Waals surface area contributed by atoms with Crippen LogP contribution < -0.4 is 10.6 Å². The molecule has 0 aliphatic rings. The highest BCUT2D eigenvalue weighted by molar-refractivity contribution is 5.89. The lowest BCUT2D eigenvalue weighted by atomic mass is 10.3. The van der Waals surface area contributed by atoms with Gasteiger partial charge in [-0.25, -0.2) is 14.2 Å². The zero-order chi connectivity index (χ0) is 16.1. The number of imidazole rings is 1. The van der Waals surface area contributed by atoms with Crippen molar-refractivity contribution in [2.24, 2.45) is 0 Å². The van der Waals surface area contributed by atoms with Crippen molar-refractivity contribution in [3.05, 3.63) is 60.2 Å². The van der Waals surface area contributed by atoms with Crippen molar-refractivity contribution < 1.29 is 9.18 Å². The molecule has 0 fully saturated rings. The maximum absolute atomic E-state index is 12.8. The molecule has 3 N–H and O–H groups in total. The number of urea groups is 1. The molecule has 0 saturated carbocycles. The quantitative estimate of drug-likeness (QED) is 0.631. The fraction of sp³-hybridized carbons (Fsp3) is 0.176. The molecule has 1 aromatic heterocycles. The zero-order valence-corrected chi connectivity index (χ0v) is 12.5. The number of aromatic nitrogens is 2. The highest BCUT2D eigenvalue weighted by atomic mass is 19.1. The Labute approximate surface area is 132 Å². The molecule has 3 rings (SSSR count). The van der Waals surface area contributed by atoms with Crippen molar-refractivity contribution in [1.82, 2.24) is 15.3 Å². The largest absolute Gasteiger partial charge is 0.342 e. The highest BCUT2D eigenvalue weighted by Crippen LogP contribution is 2.11. The average Bonchev–Trinajstić information content (AvgIpc) is 2.96. The van der Waals surface area contributed by atoms with Crippen LogP contribution in [0.2, 0.25) is 0 Å². The summed E-state index contributed by atoms with van der Waals surface area (Å²) >= 11 is 0. The SMILES string of the molecule is O=C(NCCCc1nc2ccccc2[nH]1)Nc1ccc(F)cc1. The van der Waals surface area contributed by atoms with Crippen LogP contribution in [0.1, 0.15) is 12.2 Å². The predicted octanol–water partition coefficient (Wildman–Crippen LogP) is 3.46. The Morgan fingerprint density at radius 3 is 2.70 bits per heavy atom. The number of anilines is 1. The minimum atomic E-state index is -0.332. The molecule has 0 unspecified atom stereocenters. The van der Waals surface area contributed by atoms with Gasteiger partial charge in [0.2, 0.25) is 0 Å². The van der Waals surface area contributed by atoms with Crippen LogP contribution in [0, 0.1) is 5.82 Å². The van der Waals surface area contributed by atoms with Gasteiger partial charge in [-0.1, -0.05) is 12.1 Å². The van der Waals surface area contributed by atoms with Crippen molar-refractivity contribution in [2.75, 3.05) is 11.9 Å². The molecule has 0 bridgehead atoms. The van der Waals surface area contributed by atoms with Gasteiger partial charge in [0.05, 0.1) is 11.0 Å². The van der Waals surface area contributed by atoms with Gasteiger partial charge in [-0.15, -0.1) is 0 Å². The van der Waals surface area contributed by atoms with E-state index in [9.17, 15) is 9.18 Å². The van der Waals surface area contributed by atoms with Gasteiger partial charge in [0.25, 0.3) is 0 Å². The molecule has 23 heavy (non-hydrogen) atoms.